The molecule has 0 saturated heterocycles. The Morgan fingerprint density at radius 3 is 2.40 bits per heavy atom. The first-order chi connectivity index (χ1) is 4.50. The zero-order valence-corrected chi connectivity index (χ0v) is 6.64. The lowest BCUT2D eigenvalue weighted by Gasteiger charge is -2.10. The second-order valence-electron chi connectivity index (χ2n) is 2.31. The molecule has 1 aromatic heterocycles. The Bertz CT molecular complexity index is 226. The first-order valence-corrected chi connectivity index (χ1v) is 3.75. The predicted octanol–water partition coefficient (Wildman–Crippen LogP) is 0.609. The molecule has 0 spiro atoms. The molecule has 4 heteroatoms. The molecule has 0 aromatic carbocycles. The summed E-state index contributed by atoms with van der Waals surface area (Å²) in [4.78, 5) is 3.90. The van der Waals surface area contributed by atoms with E-state index >= 15 is 0 Å². The van der Waals surface area contributed by atoms with Crippen molar-refractivity contribution in [2.45, 2.75) is 19.6 Å². The number of hydrogen-bond donors (Lipinski definition) is 2. The molecule has 0 radical (unpaired) electrons. The molecule has 0 amide bonds. The maximum atomic E-state index is 9.01. The molecule has 0 aliphatic carbocycles. The van der Waals surface area contributed by atoms with Crippen LogP contribution >= 0.6 is 11.3 Å². The van der Waals surface area contributed by atoms with Crippen molar-refractivity contribution in [1.82, 2.24) is 4.98 Å². The molecule has 0 fully saturated rings. The molecule has 0 aliphatic rings. The minimum atomic E-state index is -1.78. The van der Waals surface area contributed by atoms with Crippen LogP contribution in [0.25, 0.3) is 0 Å². The molecule has 1 aromatic rings. The summed E-state index contributed by atoms with van der Waals surface area (Å²) in [5.41, 5.74) is 0.814. The fraction of sp³-hybridized carbons (Fsp3) is 0.500. The number of aliphatic hydroxyl groups is 2. The van der Waals surface area contributed by atoms with E-state index in [1.165, 1.54) is 18.3 Å². The van der Waals surface area contributed by atoms with Gasteiger partial charge in [-0.2, -0.15) is 0 Å². The minimum absolute atomic E-state index is 0.338. The number of aromatic nitrogens is 1. The Labute approximate surface area is 63.0 Å². The lowest BCUT2D eigenvalue weighted by Crippen LogP contribution is -2.19. The maximum Gasteiger partial charge on any atom is 0.214 e. The molecular weight excluding hydrogens is 150 g/mol. The van der Waals surface area contributed by atoms with E-state index in [0.717, 1.165) is 5.69 Å². The lowest BCUT2D eigenvalue weighted by molar-refractivity contribution is -0.152. The van der Waals surface area contributed by atoms with Gasteiger partial charge in [0.25, 0.3) is 0 Å². The van der Waals surface area contributed by atoms with Crippen LogP contribution < -0.4 is 0 Å². The summed E-state index contributed by atoms with van der Waals surface area (Å²) in [7, 11) is 0. The Morgan fingerprint density at radius 1 is 1.60 bits per heavy atom. The number of hydrogen-bond acceptors (Lipinski definition) is 4. The molecule has 2 N–H and O–H groups in total. The maximum absolute atomic E-state index is 9.01. The van der Waals surface area contributed by atoms with E-state index in [1.54, 1.807) is 5.38 Å². The van der Waals surface area contributed by atoms with Crippen molar-refractivity contribution in [1.29, 1.82) is 0 Å². The molecule has 3 nitrogen and oxygen atoms in total. The van der Waals surface area contributed by atoms with Gasteiger partial charge >= 0.3 is 0 Å². The van der Waals surface area contributed by atoms with Crippen LogP contribution in [0.3, 0.4) is 0 Å². The van der Waals surface area contributed by atoms with Crippen molar-refractivity contribution >= 4 is 11.3 Å². The van der Waals surface area contributed by atoms with Crippen LogP contribution in [0.2, 0.25) is 0 Å². The normalized spacial score (nSPS) is 12.0. The third kappa shape index (κ3) is 1.53. The first kappa shape index (κ1) is 7.65. The second kappa shape index (κ2) is 2.30. The number of thiazole rings is 1. The van der Waals surface area contributed by atoms with Crippen LogP contribution in [0.1, 0.15) is 17.6 Å². The van der Waals surface area contributed by atoms with Crippen molar-refractivity contribution in [3.63, 3.8) is 0 Å². The smallest absolute Gasteiger partial charge is 0.214 e. The molecule has 0 aliphatic heterocycles. The summed E-state index contributed by atoms with van der Waals surface area (Å²) in [6.45, 7) is 3.11. The van der Waals surface area contributed by atoms with Gasteiger partial charge in [0.2, 0.25) is 5.79 Å². The Balaban J connectivity index is 2.96. The fourth-order valence-electron chi connectivity index (χ4n) is 0.572. The standard InChI is InChI=1S/C6H9NO2S/c1-4-3-10-5(7-4)6(2,8)9/h3,8-9H,1-2H3. The van der Waals surface area contributed by atoms with Crippen LogP contribution in [0.4, 0.5) is 0 Å². The van der Waals surface area contributed by atoms with E-state index < -0.39 is 5.79 Å². The number of nitrogens with zero attached hydrogens (tertiary/aromatic N) is 1. The summed E-state index contributed by atoms with van der Waals surface area (Å²) in [6, 6.07) is 0. The van der Waals surface area contributed by atoms with Crippen molar-refractivity contribution in [3.8, 4) is 0 Å². The largest absolute Gasteiger partial charge is 0.360 e. The molecule has 10 heavy (non-hydrogen) atoms. The average molecular weight is 159 g/mol. The highest BCUT2D eigenvalue weighted by molar-refractivity contribution is 7.09. The highest BCUT2D eigenvalue weighted by Gasteiger charge is 2.21. The van der Waals surface area contributed by atoms with Gasteiger partial charge in [0.15, 0.2) is 5.01 Å². The molecular formula is C6H9NO2S. The van der Waals surface area contributed by atoms with Crippen LogP contribution in [0, 0.1) is 6.92 Å². The van der Waals surface area contributed by atoms with E-state index in [4.69, 9.17) is 10.2 Å². The van der Waals surface area contributed by atoms with E-state index in [0.29, 0.717) is 5.01 Å². The van der Waals surface area contributed by atoms with Crippen LogP contribution in [0.5, 0.6) is 0 Å². The van der Waals surface area contributed by atoms with Gasteiger partial charge in [0, 0.05) is 11.1 Å². The van der Waals surface area contributed by atoms with Crippen LogP contribution in [-0.4, -0.2) is 15.2 Å². The molecule has 1 rings (SSSR count). The van der Waals surface area contributed by atoms with Crippen molar-refractivity contribution in [2.75, 3.05) is 0 Å². The number of aryl methyl sites for hydroxylation is 1. The van der Waals surface area contributed by atoms with E-state index in [9.17, 15) is 0 Å². The Morgan fingerprint density at radius 2 is 2.20 bits per heavy atom. The zero-order chi connectivity index (χ0) is 7.78. The Hall–Kier alpha value is -0.450. The highest BCUT2D eigenvalue weighted by Crippen LogP contribution is 2.20. The van der Waals surface area contributed by atoms with E-state index in [1.807, 2.05) is 6.92 Å². The van der Waals surface area contributed by atoms with Crippen molar-refractivity contribution in [2.24, 2.45) is 0 Å². The van der Waals surface area contributed by atoms with Gasteiger partial charge in [0.1, 0.15) is 0 Å². The minimum Gasteiger partial charge on any atom is -0.360 e. The van der Waals surface area contributed by atoms with Gasteiger partial charge in [-0.1, -0.05) is 0 Å². The summed E-state index contributed by atoms with van der Waals surface area (Å²) < 4.78 is 0. The predicted molar refractivity (Wildman–Crippen MR) is 38.6 cm³/mol. The quantitative estimate of drug-likeness (QED) is 0.590. The van der Waals surface area contributed by atoms with E-state index in [2.05, 4.69) is 4.98 Å². The van der Waals surface area contributed by atoms with E-state index in [-0.39, 0.29) is 0 Å². The average Bonchev–Trinajstić information content (AvgIpc) is 2.11. The summed E-state index contributed by atoms with van der Waals surface area (Å²) >= 11 is 1.25. The lowest BCUT2D eigenvalue weighted by atomic mass is 10.3. The molecule has 1 heterocycles. The third-order valence-corrected chi connectivity index (χ3v) is 2.18. The molecule has 0 atom stereocenters. The summed E-state index contributed by atoms with van der Waals surface area (Å²) in [5.74, 6) is -1.78. The molecule has 0 unspecified atom stereocenters. The first-order valence-electron chi connectivity index (χ1n) is 2.87. The van der Waals surface area contributed by atoms with Crippen LogP contribution in [-0.2, 0) is 5.79 Å². The van der Waals surface area contributed by atoms with Gasteiger partial charge in [-0.15, -0.1) is 11.3 Å². The van der Waals surface area contributed by atoms with Gasteiger partial charge in [-0.3, -0.25) is 0 Å². The zero-order valence-electron chi connectivity index (χ0n) is 5.83. The van der Waals surface area contributed by atoms with Crippen LogP contribution in [0.15, 0.2) is 5.38 Å². The summed E-state index contributed by atoms with van der Waals surface area (Å²) in [6.07, 6.45) is 0. The molecule has 0 bridgehead atoms. The Kier molecular flexibility index (Phi) is 1.76. The van der Waals surface area contributed by atoms with Gasteiger partial charge in [0.05, 0.1) is 0 Å². The molecule has 56 valence electrons. The topological polar surface area (TPSA) is 53.4 Å². The third-order valence-electron chi connectivity index (χ3n) is 1.02. The number of rotatable bonds is 1. The monoisotopic (exact) mass is 159 g/mol. The van der Waals surface area contributed by atoms with Crippen molar-refractivity contribution in [3.05, 3.63) is 16.1 Å². The SMILES string of the molecule is Cc1csc(C(C)(O)O)n1. The van der Waals surface area contributed by atoms with Crippen molar-refractivity contribution < 1.29 is 10.2 Å². The molecule has 0 saturated carbocycles. The summed E-state index contributed by atoms with van der Waals surface area (Å²) in [5, 5.41) is 20.1. The second-order valence-corrected chi connectivity index (χ2v) is 3.17. The highest BCUT2D eigenvalue weighted by atomic mass is 32.1. The van der Waals surface area contributed by atoms with Gasteiger partial charge < -0.3 is 10.2 Å². The van der Waals surface area contributed by atoms with Gasteiger partial charge in [-0.05, 0) is 13.8 Å². The van der Waals surface area contributed by atoms with Gasteiger partial charge in [-0.25, -0.2) is 4.98 Å². The fourth-order valence-corrected chi connectivity index (χ4v) is 1.33.